The largest absolute Gasteiger partial charge is 0.393 e. The molecule has 5 nitrogen and oxygen atoms in total. The molecule has 1 aliphatic heterocycles. The lowest BCUT2D eigenvalue weighted by Gasteiger charge is -2.58. The van der Waals surface area contributed by atoms with Crippen LogP contribution in [0.2, 0.25) is 0 Å². The van der Waals surface area contributed by atoms with Gasteiger partial charge in [0.25, 0.3) is 0 Å². The average molecular weight is 549 g/mol. The number of rotatable bonds is 7. The van der Waals surface area contributed by atoms with Crippen molar-refractivity contribution in [1.82, 2.24) is 9.88 Å². The molecule has 1 aromatic heterocycles. The molecule has 0 bridgehead atoms. The van der Waals surface area contributed by atoms with Gasteiger partial charge in [0, 0.05) is 31.9 Å². The summed E-state index contributed by atoms with van der Waals surface area (Å²) in [6.45, 7) is 9.87. The van der Waals surface area contributed by atoms with Crippen molar-refractivity contribution in [1.29, 1.82) is 0 Å². The number of carbonyl (C=O) groups is 1. The fourth-order valence-electron chi connectivity index (χ4n) is 10.3. The van der Waals surface area contributed by atoms with E-state index in [1.807, 2.05) is 24.5 Å². The maximum absolute atomic E-state index is 13.2. The number of amides is 1. The molecule has 40 heavy (non-hydrogen) atoms. The van der Waals surface area contributed by atoms with Crippen LogP contribution in [0.5, 0.6) is 0 Å². The lowest BCUT2D eigenvalue weighted by molar-refractivity contribution is -0.134. The van der Waals surface area contributed by atoms with Crippen molar-refractivity contribution in [2.45, 2.75) is 117 Å². The van der Waals surface area contributed by atoms with Crippen molar-refractivity contribution < 1.29 is 14.6 Å². The average Bonchev–Trinajstić information content (AvgIpc) is 3.33. The SMILES string of the molecule is CC(CCC(=O)N1CCC(OCc2ccncc2)CC1)[C@H]1CC[C@H]2[C@@H]3CC=C4C[C@@H](O)CC[C@]4(C)[C@H]3CC[C@]12C. The summed E-state index contributed by atoms with van der Waals surface area (Å²) in [6, 6.07) is 4.01. The van der Waals surface area contributed by atoms with E-state index in [4.69, 9.17) is 4.74 Å². The van der Waals surface area contributed by atoms with E-state index in [1.165, 1.54) is 38.5 Å². The van der Waals surface area contributed by atoms with Crippen LogP contribution in [0.3, 0.4) is 0 Å². The van der Waals surface area contributed by atoms with Crippen LogP contribution in [0.4, 0.5) is 0 Å². The number of ether oxygens (including phenoxy) is 1. The van der Waals surface area contributed by atoms with Crippen LogP contribution in [0, 0.1) is 40.4 Å². The van der Waals surface area contributed by atoms with Crippen LogP contribution < -0.4 is 0 Å². The Labute approximate surface area is 242 Å². The van der Waals surface area contributed by atoms with Gasteiger partial charge >= 0.3 is 0 Å². The van der Waals surface area contributed by atoms with Crippen molar-refractivity contribution in [2.24, 2.45) is 40.4 Å². The molecule has 0 aromatic carbocycles. The Hall–Kier alpha value is -1.72. The fourth-order valence-corrected chi connectivity index (χ4v) is 10.3. The van der Waals surface area contributed by atoms with Crippen molar-refractivity contribution in [3.8, 4) is 0 Å². The Morgan fingerprint density at radius 1 is 1.07 bits per heavy atom. The van der Waals surface area contributed by atoms with E-state index in [1.54, 1.807) is 5.57 Å². The van der Waals surface area contributed by atoms with Gasteiger partial charge in [0.15, 0.2) is 0 Å². The number of aliphatic hydroxyl groups excluding tert-OH is 1. The third-order valence-corrected chi connectivity index (χ3v) is 12.7. The second-order valence-electron chi connectivity index (χ2n) is 14.6. The van der Waals surface area contributed by atoms with E-state index in [0.29, 0.717) is 35.7 Å². The summed E-state index contributed by atoms with van der Waals surface area (Å²) in [5.74, 6) is 4.12. The van der Waals surface area contributed by atoms with Crippen molar-refractivity contribution in [3.63, 3.8) is 0 Å². The number of hydrogen-bond donors (Lipinski definition) is 1. The molecule has 8 atom stereocenters. The van der Waals surface area contributed by atoms with E-state index >= 15 is 0 Å². The first-order valence-electron chi connectivity index (χ1n) is 16.4. The van der Waals surface area contributed by atoms with Gasteiger partial charge in [-0.3, -0.25) is 9.78 Å². The van der Waals surface area contributed by atoms with Crippen molar-refractivity contribution >= 4 is 5.91 Å². The predicted octanol–water partition coefficient (Wildman–Crippen LogP) is 6.95. The lowest BCUT2D eigenvalue weighted by Crippen LogP contribution is -2.50. The lowest BCUT2D eigenvalue weighted by atomic mass is 9.47. The molecule has 5 aliphatic rings. The molecule has 0 spiro atoms. The molecular formula is C35H52N2O3. The molecule has 1 unspecified atom stereocenters. The summed E-state index contributed by atoms with van der Waals surface area (Å²) in [6.07, 6.45) is 19.6. The number of aromatic nitrogens is 1. The Balaban J connectivity index is 0.994. The van der Waals surface area contributed by atoms with Gasteiger partial charge in [-0.2, -0.15) is 0 Å². The van der Waals surface area contributed by atoms with Gasteiger partial charge in [-0.1, -0.05) is 32.4 Å². The van der Waals surface area contributed by atoms with Crippen LogP contribution in [0.1, 0.15) is 103 Å². The minimum Gasteiger partial charge on any atom is -0.393 e. The molecule has 4 fully saturated rings. The first-order valence-corrected chi connectivity index (χ1v) is 16.4. The third-order valence-electron chi connectivity index (χ3n) is 12.7. The van der Waals surface area contributed by atoms with Crippen molar-refractivity contribution in [3.05, 3.63) is 41.7 Å². The Kier molecular flexibility index (Phi) is 8.18. The quantitative estimate of drug-likeness (QED) is 0.375. The van der Waals surface area contributed by atoms with Crippen LogP contribution in [-0.4, -0.2) is 46.2 Å². The van der Waals surface area contributed by atoms with Gasteiger partial charge in [-0.15, -0.1) is 0 Å². The van der Waals surface area contributed by atoms with Gasteiger partial charge in [0.05, 0.1) is 18.8 Å². The molecule has 220 valence electrons. The number of nitrogens with zero attached hydrogens (tertiary/aromatic N) is 2. The zero-order valence-electron chi connectivity index (χ0n) is 25.2. The third kappa shape index (κ3) is 5.30. The second kappa shape index (κ2) is 11.5. The smallest absolute Gasteiger partial charge is 0.222 e. The highest BCUT2D eigenvalue weighted by Crippen LogP contribution is 2.67. The fraction of sp³-hybridized carbons (Fsp3) is 0.771. The molecule has 1 amide bonds. The number of fused-ring (bicyclic) bond motifs is 5. The molecule has 2 heterocycles. The second-order valence-corrected chi connectivity index (χ2v) is 14.6. The predicted molar refractivity (Wildman–Crippen MR) is 158 cm³/mol. The number of likely N-dealkylation sites (tertiary alicyclic amines) is 1. The zero-order chi connectivity index (χ0) is 27.9. The number of aliphatic hydroxyl groups is 1. The van der Waals surface area contributed by atoms with E-state index < -0.39 is 0 Å². The van der Waals surface area contributed by atoms with Crippen LogP contribution >= 0.6 is 0 Å². The molecule has 1 N–H and O–H groups in total. The summed E-state index contributed by atoms with van der Waals surface area (Å²) in [7, 11) is 0. The summed E-state index contributed by atoms with van der Waals surface area (Å²) in [5, 5.41) is 10.3. The molecule has 1 aromatic rings. The maximum atomic E-state index is 13.2. The number of carbonyl (C=O) groups excluding carboxylic acids is 1. The van der Waals surface area contributed by atoms with E-state index in [9.17, 15) is 9.90 Å². The minimum atomic E-state index is -0.124. The Morgan fingerprint density at radius 2 is 1.85 bits per heavy atom. The summed E-state index contributed by atoms with van der Waals surface area (Å²) in [5.41, 5.74) is 3.47. The highest BCUT2D eigenvalue weighted by atomic mass is 16.5. The number of piperidine rings is 1. The van der Waals surface area contributed by atoms with Gasteiger partial charge in [-0.25, -0.2) is 0 Å². The zero-order valence-corrected chi connectivity index (χ0v) is 25.2. The van der Waals surface area contributed by atoms with Gasteiger partial charge in [-0.05, 0) is 129 Å². The van der Waals surface area contributed by atoms with Crippen molar-refractivity contribution in [2.75, 3.05) is 13.1 Å². The highest BCUT2D eigenvalue weighted by molar-refractivity contribution is 5.76. The van der Waals surface area contributed by atoms with E-state index in [0.717, 1.165) is 74.4 Å². The van der Waals surface area contributed by atoms with Crippen LogP contribution in [0.25, 0.3) is 0 Å². The first-order chi connectivity index (χ1) is 19.3. The normalized spacial score (nSPS) is 38.6. The molecule has 4 aliphatic carbocycles. The van der Waals surface area contributed by atoms with Crippen LogP contribution in [-0.2, 0) is 16.1 Å². The molecule has 6 rings (SSSR count). The summed E-state index contributed by atoms with van der Waals surface area (Å²) in [4.78, 5) is 19.4. The monoisotopic (exact) mass is 548 g/mol. The van der Waals surface area contributed by atoms with Gasteiger partial charge < -0.3 is 14.7 Å². The Morgan fingerprint density at radius 3 is 2.62 bits per heavy atom. The Bertz CT molecular complexity index is 1070. The first kappa shape index (κ1) is 28.4. The number of pyridine rings is 1. The minimum absolute atomic E-state index is 0.124. The maximum Gasteiger partial charge on any atom is 0.222 e. The van der Waals surface area contributed by atoms with E-state index in [2.05, 4.69) is 36.7 Å². The summed E-state index contributed by atoms with van der Waals surface area (Å²) >= 11 is 0. The number of allylic oxidation sites excluding steroid dienone is 1. The molecule has 5 heteroatoms. The molecule has 0 radical (unpaired) electrons. The van der Waals surface area contributed by atoms with Crippen LogP contribution in [0.15, 0.2) is 36.2 Å². The van der Waals surface area contributed by atoms with Gasteiger partial charge in [0.1, 0.15) is 0 Å². The topological polar surface area (TPSA) is 62.7 Å². The highest BCUT2D eigenvalue weighted by Gasteiger charge is 2.59. The standard InChI is InChI=1S/C35H52N2O3/c1-24(4-9-33(39)37-20-14-28(15-21-37)40-23-25-12-18-36-19-13-25)30-7-8-31-29-6-5-26-22-27(38)10-16-34(26,2)32(29)11-17-35(30,31)3/h5,12-13,18-19,24,27-32,38H,4,6-11,14-17,20-23H2,1-3H3/t24?,27-,29-,30+,31-,32-,34-,35+/m0/s1. The number of hydrogen-bond acceptors (Lipinski definition) is 4. The van der Waals surface area contributed by atoms with Gasteiger partial charge in [0.2, 0.25) is 5.91 Å². The summed E-state index contributed by atoms with van der Waals surface area (Å²) < 4.78 is 6.12. The molecular weight excluding hydrogens is 496 g/mol. The molecule has 3 saturated carbocycles. The molecule has 1 saturated heterocycles. The van der Waals surface area contributed by atoms with E-state index in [-0.39, 0.29) is 12.2 Å².